The van der Waals surface area contributed by atoms with E-state index in [-0.39, 0.29) is 12.2 Å². The standard InChI is InChI=1S/C17H14N6OS/c24-17-22(20-21-23(17)15-9-5-2-6-10-15)11-14-12-25-16(19-14)18-13-7-3-1-4-8-13/h1-10,12H,11H2,(H,18,19). The lowest BCUT2D eigenvalue weighted by molar-refractivity contribution is 0.624. The number of aromatic nitrogens is 5. The van der Waals surface area contributed by atoms with Crippen LogP contribution in [0.15, 0.2) is 70.8 Å². The van der Waals surface area contributed by atoms with Gasteiger partial charge in [-0.1, -0.05) is 36.4 Å². The van der Waals surface area contributed by atoms with Crippen molar-refractivity contribution in [3.05, 3.63) is 82.2 Å². The summed E-state index contributed by atoms with van der Waals surface area (Å²) in [6, 6.07) is 19.0. The molecule has 8 heteroatoms. The van der Waals surface area contributed by atoms with E-state index in [2.05, 4.69) is 20.7 Å². The minimum Gasteiger partial charge on any atom is -0.332 e. The van der Waals surface area contributed by atoms with E-state index in [1.165, 1.54) is 20.7 Å². The number of tetrazole rings is 1. The van der Waals surface area contributed by atoms with Gasteiger partial charge in [0.25, 0.3) is 0 Å². The number of rotatable bonds is 5. The van der Waals surface area contributed by atoms with Crippen molar-refractivity contribution in [2.45, 2.75) is 6.54 Å². The number of nitrogens with zero attached hydrogens (tertiary/aromatic N) is 5. The molecular weight excluding hydrogens is 336 g/mol. The van der Waals surface area contributed by atoms with Gasteiger partial charge < -0.3 is 5.32 Å². The quantitative estimate of drug-likeness (QED) is 0.599. The molecule has 2 aromatic heterocycles. The minimum absolute atomic E-state index is 0.276. The van der Waals surface area contributed by atoms with Crippen LogP contribution in [0.1, 0.15) is 5.69 Å². The molecule has 0 aliphatic carbocycles. The van der Waals surface area contributed by atoms with Crippen molar-refractivity contribution in [1.82, 2.24) is 24.8 Å². The number of anilines is 2. The fraction of sp³-hybridized carbons (Fsp3) is 0.0588. The Kier molecular flexibility index (Phi) is 4.09. The van der Waals surface area contributed by atoms with Gasteiger partial charge >= 0.3 is 5.69 Å². The zero-order valence-electron chi connectivity index (χ0n) is 13.1. The van der Waals surface area contributed by atoms with E-state index in [9.17, 15) is 4.79 Å². The van der Waals surface area contributed by atoms with Crippen LogP contribution in [0.5, 0.6) is 0 Å². The van der Waals surface area contributed by atoms with Crippen molar-refractivity contribution < 1.29 is 0 Å². The number of benzene rings is 2. The third-order valence-corrected chi connectivity index (χ3v) is 4.34. The van der Waals surface area contributed by atoms with Gasteiger partial charge in [-0.3, -0.25) is 0 Å². The molecule has 4 rings (SSSR count). The van der Waals surface area contributed by atoms with E-state index in [0.717, 1.165) is 16.5 Å². The summed E-state index contributed by atoms with van der Waals surface area (Å²) in [5.41, 5.74) is 2.11. The maximum absolute atomic E-state index is 12.4. The third kappa shape index (κ3) is 3.33. The molecule has 2 aromatic carbocycles. The molecule has 1 N–H and O–H groups in total. The summed E-state index contributed by atoms with van der Waals surface area (Å²) in [7, 11) is 0. The van der Waals surface area contributed by atoms with Gasteiger partial charge in [-0.15, -0.1) is 11.3 Å². The monoisotopic (exact) mass is 350 g/mol. The van der Waals surface area contributed by atoms with Crippen LogP contribution >= 0.6 is 11.3 Å². The Hall–Kier alpha value is -3.26. The summed E-state index contributed by atoms with van der Waals surface area (Å²) in [4.78, 5) is 16.9. The molecule has 0 saturated heterocycles. The van der Waals surface area contributed by atoms with Crippen molar-refractivity contribution in [2.75, 3.05) is 5.32 Å². The van der Waals surface area contributed by atoms with Crippen molar-refractivity contribution in [3.63, 3.8) is 0 Å². The molecular formula is C17H14N6OS. The van der Waals surface area contributed by atoms with E-state index in [1.54, 1.807) is 0 Å². The van der Waals surface area contributed by atoms with E-state index >= 15 is 0 Å². The van der Waals surface area contributed by atoms with E-state index in [1.807, 2.05) is 66.0 Å². The van der Waals surface area contributed by atoms with Crippen molar-refractivity contribution >= 4 is 22.2 Å². The van der Waals surface area contributed by atoms with E-state index < -0.39 is 0 Å². The highest BCUT2D eigenvalue weighted by Gasteiger charge is 2.11. The molecule has 2 heterocycles. The Labute approximate surface area is 147 Å². The van der Waals surface area contributed by atoms with Gasteiger partial charge in [0.05, 0.1) is 17.9 Å². The first-order chi connectivity index (χ1) is 12.3. The average Bonchev–Trinajstić information content (AvgIpc) is 3.24. The van der Waals surface area contributed by atoms with Gasteiger partial charge in [0.15, 0.2) is 5.13 Å². The molecule has 0 fully saturated rings. The molecule has 4 aromatic rings. The Morgan fingerprint density at radius 1 is 0.960 bits per heavy atom. The van der Waals surface area contributed by atoms with Gasteiger partial charge in [-0.05, 0) is 34.7 Å². The summed E-state index contributed by atoms with van der Waals surface area (Å²) < 4.78 is 2.57. The van der Waals surface area contributed by atoms with Crippen molar-refractivity contribution in [1.29, 1.82) is 0 Å². The lowest BCUT2D eigenvalue weighted by Gasteiger charge is -2.00. The van der Waals surface area contributed by atoms with Crippen molar-refractivity contribution in [2.24, 2.45) is 0 Å². The molecule has 0 amide bonds. The van der Waals surface area contributed by atoms with Crippen LogP contribution < -0.4 is 11.0 Å². The second-order valence-corrected chi connectivity index (χ2v) is 6.16. The molecule has 0 aliphatic rings. The Morgan fingerprint density at radius 2 is 1.68 bits per heavy atom. The van der Waals surface area contributed by atoms with Gasteiger partial charge in [-0.25, -0.2) is 9.78 Å². The summed E-state index contributed by atoms with van der Waals surface area (Å²) >= 11 is 1.48. The van der Waals surface area contributed by atoms with E-state index in [0.29, 0.717) is 5.69 Å². The zero-order chi connectivity index (χ0) is 17.1. The Morgan fingerprint density at radius 3 is 2.44 bits per heavy atom. The topological polar surface area (TPSA) is 77.6 Å². The smallest absolute Gasteiger partial charge is 0.332 e. The summed E-state index contributed by atoms with van der Waals surface area (Å²) in [6.45, 7) is 0.276. The Balaban J connectivity index is 1.52. The molecule has 0 aliphatic heterocycles. The molecule has 25 heavy (non-hydrogen) atoms. The second kappa shape index (κ2) is 6.70. The Bertz CT molecular complexity index is 1020. The largest absolute Gasteiger partial charge is 0.368 e. The number of hydrogen-bond acceptors (Lipinski definition) is 6. The van der Waals surface area contributed by atoms with Crippen LogP contribution in [0.25, 0.3) is 5.69 Å². The predicted molar refractivity (Wildman–Crippen MR) is 96.6 cm³/mol. The molecule has 124 valence electrons. The predicted octanol–water partition coefficient (Wildman–Crippen LogP) is 2.68. The molecule has 0 radical (unpaired) electrons. The number of para-hydroxylation sites is 2. The first-order valence-electron chi connectivity index (χ1n) is 7.64. The SMILES string of the molecule is O=c1n(Cc2csc(Nc3ccccc3)n2)nnn1-c1ccccc1. The fourth-order valence-electron chi connectivity index (χ4n) is 2.34. The highest BCUT2D eigenvalue weighted by atomic mass is 32.1. The molecule has 0 spiro atoms. The van der Waals surface area contributed by atoms with Crippen LogP contribution in [0.2, 0.25) is 0 Å². The van der Waals surface area contributed by atoms with Crippen LogP contribution in [0, 0.1) is 0 Å². The van der Waals surface area contributed by atoms with Crippen LogP contribution in [0.3, 0.4) is 0 Å². The van der Waals surface area contributed by atoms with Gasteiger partial charge in [0.2, 0.25) is 0 Å². The lowest BCUT2D eigenvalue weighted by Crippen LogP contribution is -2.24. The van der Waals surface area contributed by atoms with Crippen LogP contribution in [-0.2, 0) is 6.54 Å². The highest BCUT2D eigenvalue weighted by Crippen LogP contribution is 2.20. The van der Waals surface area contributed by atoms with Crippen molar-refractivity contribution in [3.8, 4) is 5.69 Å². The molecule has 0 atom stereocenters. The highest BCUT2D eigenvalue weighted by molar-refractivity contribution is 7.13. The molecule has 7 nitrogen and oxygen atoms in total. The van der Waals surface area contributed by atoms with Gasteiger partial charge in [0.1, 0.15) is 0 Å². The van der Waals surface area contributed by atoms with Crippen LogP contribution in [-0.4, -0.2) is 24.8 Å². The normalized spacial score (nSPS) is 10.7. The molecule has 0 unspecified atom stereocenters. The maximum Gasteiger partial charge on any atom is 0.368 e. The molecule has 0 saturated carbocycles. The van der Waals surface area contributed by atoms with E-state index in [4.69, 9.17) is 0 Å². The fourth-order valence-corrected chi connectivity index (χ4v) is 3.06. The molecule has 0 bridgehead atoms. The first-order valence-corrected chi connectivity index (χ1v) is 8.52. The minimum atomic E-state index is -0.295. The summed E-state index contributed by atoms with van der Waals surface area (Å²) in [5.74, 6) is 0. The number of hydrogen-bond donors (Lipinski definition) is 1. The van der Waals surface area contributed by atoms with Crippen LogP contribution in [0.4, 0.5) is 10.8 Å². The summed E-state index contributed by atoms with van der Waals surface area (Å²) in [6.07, 6.45) is 0. The third-order valence-electron chi connectivity index (χ3n) is 3.53. The van der Waals surface area contributed by atoms with Gasteiger partial charge in [-0.2, -0.15) is 9.36 Å². The second-order valence-electron chi connectivity index (χ2n) is 5.30. The lowest BCUT2D eigenvalue weighted by atomic mass is 10.3. The average molecular weight is 350 g/mol. The maximum atomic E-state index is 12.4. The number of nitrogens with one attached hydrogen (secondary N) is 1. The number of thiazole rings is 1. The summed E-state index contributed by atoms with van der Waals surface area (Å²) in [5, 5.41) is 13.8. The zero-order valence-corrected chi connectivity index (χ0v) is 13.9. The first kappa shape index (κ1) is 15.3. The van der Waals surface area contributed by atoms with Gasteiger partial charge in [0, 0.05) is 11.1 Å².